The molecule has 0 spiro atoms. The Bertz CT molecular complexity index is 1280. The molecule has 0 aliphatic carbocycles. The number of hydrogen-bond acceptors (Lipinski definition) is 8. The van der Waals surface area contributed by atoms with E-state index in [4.69, 9.17) is 14.5 Å². The third-order valence-electron chi connectivity index (χ3n) is 6.55. The minimum atomic E-state index is -0.469. The van der Waals surface area contributed by atoms with Crippen molar-refractivity contribution in [3.8, 4) is 11.6 Å². The van der Waals surface area contributed by atoms with Crippen LogP contribution in [0.15, 0.2) is 42.5 Å². The van der Waals surface area contributed by atoms with Gasteiger partial charge in [-0.1, -0.05) is 11.6 Å². The number of aryl methyl sites for hydroxylation is 1. The van der Waals surface area contributed by atoms with Crippen molar-refractivity contribution in [3.63, 3.8) is 0 Å². The number of fused-ring (bicyclic) bond motifs is 1. The van der Waals surface area contributed by atoms with E-state index in [0.717, 1.165) is 35.1 Å². The molecular weight excluding hydrogens is 484 g/mol. The average Bonchev–Trinajstić information content (AvgIpc) is 2.90. The van der Waals surface area contributed by atoms with E-state index in [0.29, 0.717) is 43.9 Å². The second-order valence-corrected chi connectivity index (χ2v) is 9.71. The number of carbonyl (C=O) groups is 2. The van der Waals surface area contributed by atoms with Crippen LogP contribution in [0.4, 0.5) is 5.69 Å². The highest BCUT2D eigenvalue weighted by molar-refractivity contribution is 6.07. The third kappa shape index (κ3) is 6.16. The molecule has 0 saturated carbocycles. The lowest BCUT2D eigenvalue weighted by atomic mass is 10.0. The molecule has 1 fully saturated rings. The molecule has 4 rings (SSSR count). The van der Waals surface area contributed by atoms with E-state index in [-0.39, 0.29) is 24.1 Å². The van der Waals surface area contributed by atoms with Crippen molar-refractivity contribution in [1.29, 1.82) is 0 Å². The van der Waals surface area contributed by atoms with Crippen molar-refractivity contribution in [1.82, 2.24) is 14.8 Å². The molecule has 2 heterocycles. The number of pyridine rings is 1. The first-order chi connectivity index (χ1) is 18.3. The zero-order valence-corrected chi connectivity index (χ0v) is 22.6. The molecule has 2 aromatic carbocycles. The zero-order valence-electron chi connectivity index (χ0n) is 22.6. The molecule has 38 heavy (non-hydrogen) atoms. The lowest BCUT2D eigenvalue weighted by molar-refractivity contribution is 0.0520. The average molecular weight is 521 g/mol. The van der Waals surface area contributed by atoms with Gasteiger partial charge >= 0.3 is 5.97 Å². The van der Waals surface area contributed by atoms with Crippen molar-refractivity contribution in [2.75, 3.05) is 64.9 Å². The highest BCUT2D eigenvalue weighted by atomic mass is 16.5. The molecule has 0 atom stereocenters. The number of esters is 1. The summed E-state index contributed by atoms with van der Waals surface area (Å²) in [5, 5.41) is 10.4. The minimum absolute atomic E-state index is 0.0874. The largest absolute Gasteiger partial charge is 0.508 e. The quantitative estimate of drug-likeness (QED) is 0.337. The van der Waals surface area contributed by atoms with Gasteiger partial charge in [-0.25, -0.2) is 9.78 Å². The van der Waals surface area contributed by atoms with Crippen LogP contribution in [0.5, 0.6) is 11.6 Å². The van der Waals surface area contributed by atoms with Gasteiger partial charge in [-0.05, 0) is 70.8 Å². The fourth-order valence-electron chi connectivity index (χ4n) is 4.63. The van der Waals surface area contributed by atoms with E-state index in [9.17, 15) is 14.7 Å². The van der Waals surface area contributed by atoms with Gasteiger partial charge in [0.1, 0.15) is 11.3 Å². The molecule has 9 nitrogen and oxygen atoms in total. The summed E-state index contributed by atoms with van der Waals surface area (Å²) >= 11 is 0. The summed E-state index contributed by atoms with van der Waals surface area (Å²) in [6, 6.07) is 12.3. The number of phenols is 1. The number of piperazine rings is 1. The van der Waals surface area contributed by atoms with Crippen LogP contribution in [0, 0.1) is 6.92 Å². The fourth-order valence-corrected chi connectivity index (χ4v) is 4.63. The van der Waals surface area contributed by atoms with Gasteiger partial charge in [0.05, 0.1) is 24.4 Å². The first kappa shape index (κ1) is 27.2. The van der Waals surface area contributed by atoms with E-state index in [1.165, 1.54) is 12.1 Å². The van der Waals surface area contributed by atoms with E-state index >= 15 is 0 Å². The van der Waals surface area contributed by atoms with Crippen LogP contribution in [0.2, 0.25) is 0 Å². The smallest absolute Gasteiger partial charge is 0.345 e. The molecule has 9 heteroatoms. The highest BCUT2D eigenvalue weighted by Crippen LogP contribution is 2.37. The van der Waals surface area contributed by atoms with Gasteiger partial charge in [0, 0.05) is 43.7 Å². The number of aromatic hydroxyl groups is 1. The van der Waals surface area contributed by atoms with Crippen LogP contribution in [0.1, 0.15) is 39.6 Å². The van der Waals surface area contributed by atoms with Crippen LogP contribution in [-0.2, 0) is 4.74 Å². The van der Waals surface area contributed by atoms with Gasteiger partial charge in [0.2, 0.25) is 5.88 Å². The van der Waals surface area contributed by atoms with E-state index < -0.39 is 5.97 Å². The summed E-state index contributed by atoms with van der Waals surface area (Å²) in [7, 11) is 4.01. The Kier molecular flexibility index (Phi) is 8.68. The number of carbonyl (C=O) groups excluding carboxylic acids is 2. The Balaban J connectivity index is 1.67. The van der Waals surface area contributed by atoms with Gasteiger partial charge in [-0.2, -0.15) is 0 Å². The van der Waals surface area contributed by atoms with Gasteiger partial charge in [0.15, 0.2) is 0 Å². The molecule has 1 N–H and O–H groups in total. The molecule has 0 bridgehead atoms. The van der Waals surface area contributed by atoms with Crippen LogP contribution in [0.3, 0.4) is 0 Å². The van der Waals surface area contributed by atoms with E-state index in [2.05, 4.69) is 9.80 Å². The van der Waals surface area contributed by atoms with Crippen LogP contribution >= 0.6 is 0 Å². The second-order valence-electron chi connectivity index (χ2n) is 9.71. The molecule has 202 valence electrons. The predicted molar refractivity (Wildman–Crippen MR) is 147 cm³/mol. The number of ether oxygens (including phenoxy) is 2. The number of hydrogen-bond donors (Lipinski definition) is 1. The van der Waals surface area contributed by atoms with Crippen molar-refractivity contribution >= 4 is 28.5 Å². The number of rotatable bonds is 9. The van der Waals surface area contributed by atoms with Crippen molar-refractivity contribution in [3.05, 3.63) is 59.2 Å². The summed E-state index contributed by atoms with van der Waals surface area (Å²) in [4.78, 5) is 37.1. The molecule has 0 unspecified atom stereocenters. The Morgan fingerprint density at radius 1 is 1.05 bits per heavy atom. The number of amides is 1. The molecule has 1 aromatic heterocycles. The topological polar surface area (TPSA) is 95.4 Å². The fraction of sp³-hybridized carbons (Fsp3) is 0.414. The second kappa shape index (κ2) is 12.1. The van der Waals surface area contributed by atoms with Crippen LogP contribution in [0.25, 0.3) is 10.9 Å². The maximum absolute atomic E-state index is 13.3. The summed E-state index contributed by atoms with van der Waals surface area (Å²) < 4.78 is 11.6. The molecule has 1 saturated heterocycles. The first-order valence-corrected chi connectivity index (χ1v) is 13.0. The number of phenolic OH excluding ortho intramolecular Hbond substituents is 1. The normalized spacial score (nSPS) is 13.7. The SMILES string of the molecule is CCOC(=O)c1c(OCCCN(C)C)nc2ccc(C)cc2c1N1CCN(C(=O)c2ccc(O)cc2)CC1. The molecule has 3 aromatic rings. The van der Waals surface area contributed by atoms with Crippen molar-refractivity contribution in [2.24, 2.45) is 0 Å². The van der Waals surface area contributed by atoms with Crippen LogP contribution < -0.4 is 9.64 Å². The Morgan fingerprint density at radius 3 is 2.42 bits per heavy atom. The Morgan fingerprint density at radius 2 is 1.76 bits per heavy atom. The first-order valence-electron chi connectivity index (χ1n) is 13.0. The Labute approximate surface area is 223 Å². The van der Waals surface area contributed by atoms with Crippen LogP contribution in [-0.4, -0.2) is 91.8 Å². The lowest BCUT2D eigenvalue weighted by Gasteiger charge is -2.37. The van der Waals surface area contributed by atoms with Crippen molar-refractivity contribution in [2.45, 2.75) is 20.3 Å². The standard InChI is InChI=1S/C29H36N4O5/c1-5-37-29(36)25-26(32-14-16-33(17-15-32)28(35)21-8-10-22(34)11-9-21)23-19-20(2)7-12-24(23)30-27(25)38-18-6-13-31(3)4/h7-12,19,34H,5-6,13-18H2,1-4H3. The van der Waals surface area contributed by atoms with Gasteiger partial charge in [-0.15, -0.1) is 0 Å². The minimum Gasteiger partial charge on any atom is -0.508 e. The molecule has 1 aliphatic rings. The zero-order chi connectivity index (χ0) is 27.2. The van der Waals surface area contributed by atoms with Crippen molar-refractivity contribution < 1.29 is 24.2 Å². The molecular formula is C29H36N4O5. The predicted octanol–water partition coefficient (Wildman–Crippen LogP) is 3.72. The van der Waals surface area contributed by atoms with E-state index in [1.807, 2.05) is 39.2 Å². The number of anilines is 1. The lowest BCUT2D eigenvalue weighted by Crippen LogP contribution is -2.49. The number of benzene rings is 2. The Hall–Kier alpha value is -3.85. The number of nitrogens with zero attached hydrogens (tertiary/aromatic N) is 4. The van der Waals surface area contributed by atoms with Gasteiger partial charge < -0.3 is 29.3 Å². The summed E-state index contributed by atoms with van der Waals surface area (Å²) in [5.74, 6) is -0.159. The van der Waals surface area contributed by atoms with E-state index in [1.54, 1.807) is 24.0 Å². The summed E-state index contributed by atoms with van der Waals surface area (Å²) in [6.45, 7) is 7.32. The summed E-state index contributed by atoms with van der Waals surface area (Å²) in [6.07, 6.45) is 0.788. The summed E-state index contributed by atoms with van der Waals surface area (Å²) in [5.41, 5.74) is 3.38. The molecule has 1 amide bonds. The molecule has 0 radical (unpaired) electrons. The maximum atomic E-state index is 13.3. The van der Waals surface area contributed by atoms with Gasteiger partial charge in [-0.3, -0.25) is 4.79 Å². The number of aromatic nitrogens is 1. The van der Waals surface area contributed by atoms with Gasteiger partial charge in [0.25, 0.3) is 5.91 Å². The highest BCUT2D eigenvalue weighted by Gasteiger charge is 2.30. The third-order valence-corrected chi connectivity index (χ3v) is 6.55. The maximum Gasteiger partial charge on any atom is 0.345 e. The molecule has 1 aliphatic heterocycles. The monoisotopic (exact) mass is 520 g/mol.